The topological polar surface area (TPSA) is 49.4 Å². The maximum atomic E-state index is 11.9. The van der Waals surface area contributed by atoms with Crippen molar-refractivity contribution in [2.45, 2.75) is 12.8 Å². The molecule has 0 saturated carbocycles. The summed E-state index contributed by atoms with van der Waals surface area (Å²) in [6, 6.07) is 9.35. The first-order valence-corrected chi connectivity index (χ1v) is 6.33. The molecule has 1 heterocycles. The van der Waals surface area contributed by atoms with Crippen LogP contribution in [0.5, 0.6) is 0 Å². The smallest absolute Gasteiger partial charge is 0.221 e. The molecule has 4 heteroatoms. The summed E-state index contributed by atoms with van der Waals surface area (Å²) in [7, 11) is 0. The first kappa shape index (κ1) is 12.8. The van der Waals surface area contributed by atoms with E-state index in [0.717, 1.165) is 25.2 Å². The lowest BCUT2D eigenvalue weighted by atomic mass is 10.1. The maximum absolute atomic E-state index is 11.9. The van der Waals surface area contributed by atoms with Crippen LogP contribution in [-0.4, -0.2) is 42.8 Å². The van der Waals surface area contributed by atoms with E-state index in [1.807, 2.05) is 30.3 Å². The number of Topliss-reactive ketones (excluding diaryl/α,β-unsaturated/α-hetero) is 1. The number of amides is 1. The molecule has 1 aromatic carbocycles. The van der Waals surface area contributed by atoms with Crippen LogP contribution >= 0.6 is 0 Å². The Morgan fingerprint density at radius 2 is 2.00 bits per heavy atom. The summed E-state index contributed by atoms with van der Waals surface area (Å²) in [5.74, 6) is 0.269. The number of ketones is 1. The van der Waals surface area contributed by atoms with Crippen molar-refractivity contribution in [2.75, 3.05) is 26.2 Å². The second kappa shape index (κ2) is 6.31. The van der Waals surface area contributed by atoms with Crippen molar-refractivity contribution in [3.05, 3.63) is 35.9 Å². The van der Waals surface area contributed by atoms with Gasteiger partial charge in [0.05, 0.1) is 0 Å². The molecule has 18 heavy (non-hydrogen) atoms. The van der Waals surface area contributed by atoms with E-state index >= 15 is 0 Å². The molecular formula is C14H18N2O2. The van der Waals surface area contributed by atoms with Crippen LogP contribution in [0.1, 0.15) is 23.2 Å². The van der Waals surface area contributed by atoms with Crippen molar-refractivity contribution >= 4 is 11.7 Å². The number of carbonyl (C=O) groups excluding carboxylic acids is 2. The summed E-state index contributed by atoms with van der Waals surface area (Å²) >= 11 is 0. The Labute approximate surface area is 107 Å². The van der Waals surface area contributed by atoms with Crippen molar-refractivity contribution in [3.8, 4) is 0 Å². The Morgan fingerprint density at radius 3 is 2.78 bits per heavy atom. The maximum Gasteiger partial charge on any atom is 0.221 e. The molecule has 0 aromatic heterocycles. The van der Waals surface area contributed by atoms with Gasteiger partial charge in [0.25, 0.3) is 0 Å². The van der Waals surface area contributed by atoms with Crippen LogP contribution in [0.2, 0.25) is 0 Å². The zero-order chi connectivity index (χ0) is 12.8. The minimum Gasteiger partial charge on any atom is -0.355 e. The second-order valence-corrected chi connectivity index (χ2v) is 4.48. The average molecular weight is 246 g/mol. The highest BCUT2D eigenvalue weighted by Gasteiger charge is 2.14. The molecule has 96 valence electrons. The fourth-order valence-corrected chi connectivity index (χ4v) is 2.06. The standard InChI is InChI=1S/C14H18N2O2/c17-13(12-4-2-1-3-5-12)6-9-16-10-7-14(18)15-8-11-16/h1-5H,6-11H2,(H,15,18). The highest BCUT2D eigenvalue weighted by molar-refractivity contribution is 5.96. The van der Waals surface area contributed by atoms with Gasteiger partial charge in [0.1, 0.15) is 0 Å². The van der Waals surface area contributed by atoms with E-state index in [1.54, 1.807) is 0 Å². The highest BCUT2D eigenvalue weighted by Crippen LogP contribution is 2.05. The number of rotatable bonds is 4. The molecule has 1 aliphatic rings. The summed E-state index contributed by atoms with van der Waals surface area (Å²) < 4.78 is 0. The lowest BCUT2D eigenvalue weighted by molar-refractivity contribution is -0.120. The Hall–Kier alpha value is -1.68. The Balaban J connectivity index is 1.81. The van der Waals surface area contributed by atoms with Crippen LogP contribution in [0.4, 0.5) is 0 Å². The third-order valence-electron chi connectivity index (χ3n) is 3.16. The minimum atomic E-state index is 0.104. The van der Waals surface area contributed by atoms with E-state index in [2.05, 4.69) is 10.2 Å². The summed E-state index contributed by atoms with van der Waals surface area (Å²) in [5, 5.41) is 2.83. The summed E-state index contributed by atoms with van der Waals surface area (Å²) in [5.41, 5.74) is 0.765. The summed E-state index contributed by atoms with van der Waals surface area (Å²) in [6.07, 6.45) is 1.04. The molecule has 2 rings (SSSR count). The third-order valence-corrected chi connectivity index (χ3v) is 3.16. The van der Waals surface area contributed by atoms with E-state index in [4.69, 9.17) is 0 Å². The molecule has 4 nitrogen and oxygen atoms in total. The lowest BCUT2D eigenvalue weighted by Crippen LogP contribution is -2.30. The molecule has 1 aliphatic heterocycles. The van der Waals surface area contributed by atoms with Crippen molar-refractivity contribution in [3.63, 3.8) is 0 Å². The monoisotopic (exact) mass is 246 g/mol. The molecule has 0 atom stereocenters. The van der Waals surface area contributed by atoms with Crippen LogP contribution in [0.3, 0.4) is 0 Å². The largest absolute Gasteiger partial charge is 0.355 e. The van der Waals surface area contributed by atoms with Gasteiger partial charge in [-0.3, -0.25) is 9.59 Å². The highest BCUT2D eigenvalue weighted by atomic mass is 16.1. The molecule has 1 fully saturated rings. The van der Waals surface area contributed by atoms with Gasteiger partial charge in [0.15, 0.2) is 5.78 Å². The summed E-state index contributed by atoms with van der Waals surface area (Å²) in [4.78, 5) is 25.3. The molecule has 0 aliphatic carbocycles. The van der Waals surface area contributed by atoms with Crippen molar-refractivity contribution < 1.29 is 9.59 Å². The van der Waals surface area contributed by atoms with E-state index < -0.39 is 0 Å². The zero-order valence-electron chi connectivity index (χ0n) is 10.4. The van der Waals surface area contributed by atoms with E-state index in [1.165, 1.54) is 0 Å². The third kappa shape index (κ3) is 3.67. The van der Waals surface area contributed by atoms with Gasteiger partial charge in [-0.25, -0.2) is 0 Å². The minimum absolute atomic E-state index is 0.104. The van der Waals surface area contributed by atoms with Gasteiger partial charge >= 0.3 is 0 Å². The first-order chi connectivity index (χ1) is 8.75. The normalized spacial score (nSPS) is 17.0. The number of hydrogen-bond acceptors (Lipinski definition) is 3. The first-order valence-electron chi connectivity index (χ1n) is 6.33. The molecule has 1 N–H and O–H groups in total. The molecule has 1 amide bonds. The number of nitrogens with zero attached hydrogens (tertiary/aromatic N) is 1. The van der Waals surface area contributed by atoms with Crippen LogP contribution in [0, 0.1) is 0 Å². The molecule has 0 bridgehead atoms. The second-order valence-electron chi connectivity index (χ2n) is 4.48. The van der Waals surface area contributed by atoms with Gasteiger partial charge in [-0.2, -0.15) is 0 Å². The molecular weight excluding hydrogens is 228 g/mol. The predicted molar refractivity (Wildman–Crippen MR) is 69.5 cm³/mol. The summed E-state index contributed by atoms with van der Waals surface area (Å²) in [6.45, 7) is 2.97. The lowest BCUT2D eigenvalue weighted by Gasteiger charge is -2.18. The van der Waals surface area contributed by atoms with Crippen molar-refractivity contribution in [1.82, 2.24) is 10.2 Å². The van der Waals surface area contributed by atoms with Gasteiger partial charge in [0, 0.05) is 44.6 Å². The van der Waals surface area contributed by atoms with Gasteiger partial charge < -0.3 is 10.2 Å². The molecule has 1 aromatic rings. The van der Waals surface area contributed by atoms with Crippen LogP contribution in [0.25, 0.3) is 0 Å². The van der Waals surface area contributed by atoms with Crippen LogP contribution in [-0.2, 0) is 4.79 Å². The molecule has 0 radical (unpaired) electrons. The number of nitrogens with one attached hydrogen (secondary N) is 1. The predicted octanol–water partition coefficient (Wildman–Crippen LogP) is 1.08. The van der Waals surface area contributed by atoms with Crippen molar-refractivity contribution in [1.29, 1.82) is 0 Å². The fraction of sp³-hybridized carbons (Fsp3) is 0.429. The van der Waals surface area contributed by atoms with Gasteiger partial charge in [-0.15, -0.1) is 0 Å². The number of hydrogen-bond donors (Lipinski definition) is 1. The van der Waals surface area contributed by atoms with Crippen molar-refractivity contribution in [2.24, 2.45) is 0 Å². The fourth-order valence-electron chi connectivity index (χ4n) is 2.06. The molecule has 0 unspecified atom stereocenters. The SMILES string of the molecule is O=C1CCN(CCC(=O)c2ccccc2)CCN1. The van der Waals surface area contributed by atoms with Crippen LogP contribution < -0.4 is 5.32 Å². The van der Waals surface area contributed by atoms with E-state index in [0.29, 0.717) is 19.4 Å². The van der Waals surface area contributed by atoms with E-state index in [9.17, 15) is 9.59 Å². The quantitative estimate of drug-likeness (QED) is 0.809. The Bertz CT molecular complexity index is 417. The molecule has 0 spiro atoms. The Morgan fingerprint density at radius 1 is 1.22 bits per heavy atom. The van der Waals surface area contributed by atoms with Crippen LogP contribution in [0.15, 0.2) is 30.3 Å². The number of benzene rings is 1. The number of carbonyl (C=O) groups is 2. The average Bonchev–Trinajstić information content (AvgIpc) is 2.62. The Kier molecular flexibility index (Phi) is 4.47. The van der Waals surface area contributed by atoms with Gasteiger partial charge in [-0.05, 0) is 0 Å². The van der Waals surface area contributed by atoms with Gasteiger partial charge in [-0.1, -0.05) is 30.3 Å². The zero-order valence-corrected chi connectivity index (χ0v) is 10.4. The molecule has 1 saturated heterocycles. The van der Waals surface area contributed by atoms with E-state index in [-0.39, 0.29) is 11.7 Å². The van der Waals surface area contributed by atoms with Gasteiger partial charge in [0.2, 0.25) is 5.91 Å².